The number of hydrogen-bond donors (Lipinski definition) is 1. The number of halogens is 1. The first-order valence-corrected chi connectivity index (χ1v) is 9.43. The zero-order valence-electron chi connectivity index (χ0n) is 15.4. The molecule has 1 N–H and O–H groups in total. The average molecular weight is 393 g/mol. The molecule has 0 radical (unpaired) electrons. The van der Waals surface area contributed by atoms with Crippen molar-refractivity contribution in [3.63, 3.8) is 0 Å². The molecule has 0 aliphatic heterocycles. The maximum atomic E-state index is 9.56. The van der Waals surface area contributed by atoms with Gasteiger partial charge in [-0.1, -0.05) is 47.5 Å². The van der Waals surface area contributed by atoms with Gasteiger partial charge in [-0.25, -0.2) is 4.98 Å². The molecule has 29 heavy (non-hydrogen) atoms. The van der Waals surface area contributed by atoms with Crippen LogP contribution in [-0.4, -0.2) is 9.97 Å². The number of aromatic nitrogens is 2. The highest BCUT2D eigenvalue weighted by Crippen LogP contribution is 2.37. The van der Waals surface area contributed by atoms with Crippen molar-refractivity contribution in [2.75, 3.05) is 0 Å². The maximum absolute atomic E-state index is 9.56. The zero-order valence-corrected chi connectivity index (χ0v) is 16.2. The molecule has 0 saturated carbocycles. The molecule has 0 aliphatic rings. The molecule has 0 atom stereocenters. The molecule has 0 amide bonds. The standard InChI is InChI=1S/C24H13ClN4/c1-13-5-7-17-19(9-13)20-10-16(25)6-8-18(20)23-22(17)28-24(29-23)21-14(11-26)3-2-4-15(21)12-27/h2-10H,1H3,(H,28,29). The Hall–Kier alpha value is -3.86. The van der Waals surface area contributed by atoms with Crippen LogP contribution >= 0.6 is 11.6 Å². The lowest BCUT2D eigenvalue weighted by Crippen LogP contribution is -1.91. The summed E-state index contributed by atoms with van der Waals surface area (Å²) >= 11 is 6.29. The number of H-pyrrole nitrogens is 1. The van der Waals surface area contributed by atoms with Crippen molar-refractivity contribution in [1.82, 2.24) is 9.97 Å². The quantitative estimate of drug-likeness (QED) is 0.343. The van der Waals surface area contributed by atoms with Gasteiger partial charge >= 0.3 is 0 Å². The van der Waals surface area contributed by atoms with Crippen molar-refractivity contribution in [3.05, 3.63) is 76.3 Å². The Bertz CT molecular complexity index is 1440. The fourth-order valence-corrected chi connectivity index (χ4v) is 4.09. The van der Waals surface area contributed by atoms with E-state index in [1.165, 1.54) is 0 Å². The van der Waals surface area contributed by atoms with E-state index in [2.05, 4.69) is 42.2 Å². The largest absolute Gasteiger partial charge is 0.337 e. The first kappa shape index (κ1) is 17.3. The summed E-state index contributed by atoms with van der Waals surface area (Å²) in [7, 11) is 0. The third kappa shape index (κ3) is 2.55. The molecule has 0 bridgehead atoms. The number of imidazole rings is 1. The van der Waals surface area contributed by atoms with Crippen molar-refractivity contribution in [3.8, 4) is 23.5 Å². The summed E-state index contributed by atoms with van der Waals surface area (Å²) < 4.78 is 0. The summed E-state index contributed by atoms with van der Waals surface area (Å²) in [4.78, 5) is 8.21. The lowest BCUT2D eigenvalue weighted by Gasteiger charge is -2.07. The van der Waals surface area contributed by atoms with Crippen LogP contribution in [0, 0.1) is 29.6 Å². The number of nitrogens with zero attached hydrogens (tertiary/aromatic N) is 3. The van der Waals surface area contributed by atoms with Gasteiger partial charge in [0.1, 0.15) is 5.82 Å². The van der Waals surface area contributed by atoms with Crippen molar-refractivity contribution in [1.29, 1.82) is 10.5 Å². The van der Waals surface area contributed by atoms with Gasteiger partial charge in [-0.2, -0.15) is 10.5 Å². The van der Waals surface area contributed by atoms with Gasteiger partial charge in [0, 0.05) is 15.8 Å². The summed E-state index contributed by atoms with van der Waals surface area (Å²) in [6.07, 6.45) is 0. The predicted molar refractivity (Wildman–Crippen MR) is 116 cm³/mol. The highest BCUT2D eigenvalue weighted by atomic mass is 35.5. The van der Waals surface area contributed by atoms with Crippen LogP contribution in [0.25, 0.3) is 44.0 Å². The minimum atomic E-state index is 0.413. The second kappa shape index (κ2) is 6.34. The predicted octanol–water partition coefficient (Wildman–Crippen LogP) is 6.24. The van der Waals surface area contributed by atoms with E-state index < -0.39 is 0 Å². The van der Waals surface area contributed by atoms with Gasteiger partial charge in [0.25, 0.3) is 0 Å². The Labute approximate surface area is 171 Å². The first-order valence-electron chi connectivity index (χ1n) is 9.05. The normalized spacial score (nSPS) is 11.0. The molecule has 1 heterocycles. The highest BCUT2D eigenvalue weighted by Gasteiger charge is 2.18. The smallest absolute Gasteiger partial charge is 0.141 e. The van der Waals surface area contributed by atoms with Crippen molar-refractivity contribution in [2.24, 2.45) is 0 Å². The fourth-order valence-electron chi connectivity index (χ4n) is 3.92. The monoisotopic (exact) mass is 392 g/mol. The molecule has 0 fully saturated rings. The molecule has 5 heteroatoms. The molecule has 0 aliphatic carbocycles. The summed E-state index contributed by atoms with van der Waals surface area (Å²) in [5.41, 5.74) is 4.17. The van der Waals surface area contributed by atoms with Gasteiger partial charge in [0.2, 0.25) is 0 Å². The SMILES string of the molecule is Cc1ccc2c(c1)c1cc(Cl)ccc1c1nc(-c3c(C#N)cccc3C#N)[nH]c21. The van der Waals surface area contributed by atoms with Crippen LogP contribution in [0.3, 0.4) is 0 Å². The van der Waals surface area contributed by atoms with Gasteiger partial charge in [-0.05, 0) is 42.0 Å². The molecule has 5 rings (SSSR count). The zero-order chi connectivity index (χ0) is 20.1. The van der Waals surface area contributed by atoms with Gasteiger partial charge < -0.3 is 4.98 Å². The Morgan fingerprint density at radius 1 is 0.862 bits per heavy atom. The first-order chi connectivity index (χ1) is 14.1. The lowest BCUT2D eigenvalue weighted by molar-refractivity contribution is 1.31. The number of nitriles is 2. The minimum Gasteiger partial charge on any atom is -0.337 e. The Morgan fingerprint density at radius 3 is 2.28 bits per heavy atom. The Balaban J connectivity index is 1.98. The molecule has 1 aromatic heterocycles. The summed E-state index contributed by atoms with van der Waals surface area (Å²) in [6, 6.07) is 21.5. The van der Waals surface area contributed by atoms with Gasteiger partial charge in [-0.3, -0.25) is 0 Å². The fraction of sp³-hybridized carbons (Fsp3) is 0.0417. The van der Waals surface area contributed by atoms with Crippen molar-refractivity contribution >= 4 is 44.2 Å². The van der Waals surface area contributed by atoms with E-state index in [0.29, 0.717) is 27.5 Å². The number of hydrogen-bond acceptors (Lipinski definition) is 3. The van der Waals surface area contributed by atoms with Gasteiger partial charge in [0.05, 0.1) is 39.9 Å². The van der Waals surface area contributed by atoms with Crippen LogP contribution in [0.15, 0.2) is 54.6 Å². The summed E-state index contributed by atoms with van der Waals surface area (Å²) in [6.45, 7) is 2.06. The van der Waals surface area contributed by atoms with E-state index in [0.717, 1.165) is 38.1 Å². The van der Waals surface area contributed by atoms with Crippen LogP contribution in [-0.2, 0) is 0 Å². The average Bonchev–Trinajstić information content (AvgIpc) is 3.18. The van der Waals surface area contributed by atoms with E-state index >= 15 is 0 Å². The number of aryl methyl sites for hydroxylation is 1. The summed E-state index contributed by atoms with van der Waals surface area (Å²) in [5, 5.41) is 23.9. The van der Waals surface area contributed by atoms with E-state index in [4.69, 9.17) is 16.6 Å². The number of fused-ring (bicyclic) bond motifs is 6. The molecule has 5 aromatic rings. The molecular weight excluding hydrogens is 380 g/mol. The minimum absolute atomic E-state index is 0.413. The van der Waals surface area contributed by atoms with Gasteiger partial charge in [0.15, 0.2) is 0 Å². The number of nitrogens with one attached hydrogen (secondary N) is 1. The third-order valence-corrected chi connectivity index (χ3v) is 5.45. The van der Waals surface area contributed by atoms with Crippen LogP contribution in [0.4, 0.5) is 0 Å². The van der Waals surface area contributed by atoms with Crippen molar-refractivity contribution in [2.45, 2.75) is 6.92 Å². The summed E-state index contributed by atoms with van der Waals surface area (Å²) in [5.74, 6) is 0.512. The number of rotatable bonds is 1. The number of benzene rings is 4. The van der Waals surface area contributed by atoms with Crippen LogP contribution in [0.5, 0.6) is 0 Å². The highest BCUT2D eigenvalue weighted by molar-refractivity contribution is 6.33. The topological polar surface area (TPSA) is 76.3 Å². The third-order valence-electron chi connectivity index (χ3n) is 5.22. The molecule has 0 spiro atoms. The molecular formula is C24H13ClN4. The second-order valence-corrected chi connectivity index (χ2v) is 7.44. The van der Waals surface area contributed by atoms with E-state index in [1.807, 2.05) is 18.2 Å². The van der Waals surface area contributed by atoms with E-state index in [1.54, 1.807) is 18.2 Å². The molecule has 0 unspecified atom stereocenters. The molecule has 136 valence electrons. The maximum Gasteiger partial charge on any atom is 0.141 e. The number of aromatic amines is 1. The molecule has 0 saturated heterocycles. The van der Waals surface area contributed by atoms with E-state index in [9.17, 15) is 10.5 Å². The van der Waals surface area contributed by atoms with Gasteiger partial charge in [-0.15, -0.1) is 0 Å². The van der Waals surface area contributed by atoms with Crippen LogP contribution in [0.2, 0.25) is 5.02 Å². The Kier molecular flexibility index (Phi) is 3.77. The van der Waals surface area contributed by atoms with Crippen LogP contribution in [0.1, 0.15) is 16.7 Å². The van der Waals surface area contributed by atoms with Crippen LogP contribution < -0.4 is 0 Å². The van der Waals surface area contributed by atoms with Crippen molar-refractivity contribution < 1.29 is 0 Å². The molecule has 4 aromatic carbocycles. The Morgan fingerprint density at radius 2 is 1.55 bits per heavy atom. The van der Waals surface area contributed by atoms with E-state index in [-0.39, 0.29) is 0 Å². The molecule has 4 nitrogen and oxygen atoms in total. The lowest BCUT2D eigenvalue weighted by atomic mass is 9.98. The second-order valence-electron chi connectivity index (χ2n) is 7.00.